The number of primary amides is 1. The van der Waals surface area contributed by atoms with E-state index in [0.717, 1.165) is 10.9 Å². The lowest BCUT2D eigenvalue weighted by molar-refractivity contribution is -0.117. The molecule has 0 aliphatic heterocycles. The van der Waals surface area contributed by atoms with Gasteiger partial charge >= 0.3 is 0 Å². The minimum atomic E-state index is -0.390. The number of benzene rings is 1. The summed E-state index contributed by atoms with van der Waals surface area (Å²) in [5, 5.41) is 0.872. The van der Waals surface area contributed by atoms with Crippen LogP contribution in [0, 0.1) is 0 Å². The van der Waals surface area contributed by atoms with Gasteiger partial charge < -0.3 is 10.6 Å². The molecule has 0 atom stereocenters. The van der Waals surface area contributed by atoms with Gasteiger partial charge in [-0.05, 0) is 6.07 Å². The molecular formula is C12H14N4O. The Labute approximate surface area is 99.3 Å². The van der Waals surface area contributed by atoms with E-state index in [1.807, 2.05) is 38.4 Å². The fraction of sp³-hybridized carbons (Fsp3) is 0.250. The summed E-state index contributed by atoms with van der Waals surface area (Å²) in [4.78, 5) is 21.6. The number of fused-ring (bicyclic) bond motifs is 1. The molecular weight excluding hydrogens is 216 g/mol. The molecule has 0 radical (unpaired) electrons. The number of amides is 1. The van der Waals surface area contributed by atoms with Gasteiger partial charge in [0.05, 0.1) is 17.6 Å². The van der Waals surface area contributed by atoms with E-state index in [9.17, 15) is 4.79 Å². The average molecular weight is 230 g/mol. The van der Waals surface area contributed by atoms with E-state index in [1.54, 1.807) is 4.90 Å². The number of nitrogens with two attached hydrogens (primary N) is 1. The van der Waals surface area contributed by atoms with Crippen molar-refractivity contribution in [3.63, 3.8) is 0 Å². The van der Waals surface area contributed by atoms with E-state index in [4.69, 9.17) is 5.73 Å². The van der Waals surface area contributed by atoms with Gasteiger partial charge in [-0.2, -0.15) is 0 Å². The molecule has 5 nitrogen and oxygen atoms in total. The number of anilines is 1. The number of hydrogen-bond acceptors (Lipinski definition) is 4. The van der Waals surface area contributed by atoms with E-state index >= 15 is 0 Å². The fourth-order valence-electron chi connectivity index (χ4n) is 1.63. The zero-order chi connectivity index (χ0) is 12.4. The molecule has 0 aliphatic rings. The standard InChI is InChI=1S/C12H14N4O/c1-16(2)12-14-9-6-4-3-5-8(9)10(15-12)7-11(13)17/h3-6H,7H2,1-2H3,(H2,13,17). The van der Waals surface area contributed by atoms with Crippen molar-refractivity contribution in [3.05, 3.63) is 30.0 Å². The Morgan fingerprint density at radius 3 is 2.65 bits per heavy atom. The Bertz CT molecular complexity index is 565. The lowest BCUT2D eigenvalue weighted by Gasteiger charge is -2.13. The first-order valence-electron chi connectivity index (χ1n) is 5.29. The van der Waals surface area contributed by atoms with Gasteiger partial charge in [0.1, 0.15) is 0 Å². The van der Waals surface area contributed by atoms with Crippen LogP contribution >= 0.6 is 0 Å². The van der Waals surface area contributed by atoms with Crippen molar-refractivity contribution in [2.24, 2.45) is 5.73 Å². The number of carbonyl (C=O) groups is 1. The molecule has 0 bridgehead atoms. The second-order valence-corrected chi connectivity index (χ2v) is 4.02. The lowest BCUT2D eigenvalue weighted by atomic mass is 10.1. The van der Waals surface area contributed by atoms with E-state index in [-0.39, 0.29) is 6.42 Å². The number of aromatic nitrogens is 2. The first-order valence-corrected chi connectivity index (χ1v) is 5.29. The molecule has 17 heavy (non-hydrogen) atoms. The molecule has 0 saturated heterocycles. The first kappa shape index (κ1) is 11.3. The van der Waals surface area contributed by atoms with E-state index < -0.39 is 5.91 Å². The summed E-state index contributed by atoms with van der Waals surface area (Å²) in [5.41, 5.74) is 6.72. The molecule has 88 valence electrons. The van der Waals surface area contributed by atoms with Crippen molar-refractivity contribution in [3.8, 4) is 0 Å². The molecule has 1 aromatic carbocycles. The predicted octanol–water partition coefficient (Wildman–Crippen LogP) is 0.724. The zero-order valence-electron chi connectivity index (χ0n) is 9.84. The molecule has 1 heterocycles. The van der Waals surface area contributed by atoms with Crippen LogP contribution in [0.4, 0.5) is 5.95 Å². The number of nitrogens with zero attached hydrogens (tertiary/aromatic N) is 3. The molecule has 0 fully saturated rings. The molecule has 2 rings (SSSR count). The van der Waals surface area contributed by atoms with Crippen LogP contribution in [0.25, 0.3) is 10.9 Å². The monoisotopic (exact) mass is 230 g/mol. The van der Waals surface area contributed by atoms with Crippen molar-refractivity contribution >= 4 is 22.8 Å². The highest BCUT2D eigenvalue weighted by Gasteiger charge is 2.10. The van der Waals surface area contributed by atoms with E-state index in [0.29, 0.717) is 11.6 Å². The van der Waals surface area contributed by atoms with Crippen LogP contribution in [-0.4, -0.2) is 30.0 Å². The minimum absolute atomic E-state index is 0.129. The van der Waals surface area contributed by atoms with Gasteiger partial charge in [-0.1, -0.05) is 18.2 Å². The highest BCUT2D eigenvalue weighted by Crippen LogP contribution is 2.18. The quantitative estimate of drug-likeness (QED) is 0.843. The smallest absolute Gasteiger partial charge is 0.225 e. The Morgan fingerprint density at radius 1 is 1.29 bits per heavy atom. The van der Waals surface area contributed by atoms with E-state index in [2.05, 4.69) is 9.97 Å². The highest BCUT2D eigenvalue weighted by molar-refractivity contribution is 5.87. The van der Waals surface area contributed by atoms with Crippen molar-refractivity contribution in [1.29, 1.82) is 0 Å². The van der Waals surface area contributed by atoms with Gasteiger partial charge in [-0.15, -0.1) is 0 Å². The normalized spacial score (nSPS) is 10.5. The number of carbonyl (C=O) groups excluding carboxylic acids is 1. The second-order valence-electron chi connectivity index (χ2n) is 4.02. The van der Waals surface area contributed by atoms with Crippen molar-refractivity contribution in [1.82, 2.24) is 9.97 Å². The van der Waals surface area contributed by atoms with Gasteiger partial charge in [-0.25, -0.2) is 9.97 Å². The summed E-state index contributed by atoms with van der Waals surface area (Å²) in [6.07, 6.45) is 0.129. The molecule has 2 N–H and O–H groups in total. The molecule has 2 aromatic rings. The average Bonchev–Trinajstić information content (AvgIpc) is 2.28. The van der Waals surface area contributed by atoms with Crippen LogP contribution in [0.2, 0.25) is 0 Å². The van der Waals surface area contributed by atoms with Gasteiger partial charge in [0.25, 0.3) is 0 Å². The third-order valence-corrected chi connectivity index (χ3v) is 2.41. The largest absolute Gasteiger partial charge is 0.369 e. The van der Waals surface area contributed by atoms with Crippen LogP contribution in [0.15, 0.2) is 24.3 Å². The summed E-state index contributed by atoms with van der Waals surface area (Å²) in [6, 6.07) is 7.59. The zero-order valence-corrected chi connectivity index (χ0v) is 9.84. The van der Waals surface area contributed by atoms with Crippen LogP contribution in [-0.2, 0) is 11.2 Å². The van der Waals surface area contributed by atoms with Crippen LogP contribution in [0.1, 0.15) is 5.69 Å². The van der Waals surface area contributed by atoms with Crippen molar-refractivity contribution in [2.45, 2.75) is 6.42 Å². The van der Waals surface area contributed by atoms with E-state index in [1.165, 1.54) is 0 Å². The molecule has 0 unspecified atom stereocenters. The first-order chi connectivity index (χ1) is 8.08. The maximum absolute atomic E-state index is 11.0. The van der Waals surface area contributed by atoms with Gasteiger partial charge in [0, 0.05) is 19.5 Å². The number of para-hydroxylation sites is 1. The lowest BCUT2D eigenvalue weighted by Crippen LogP contribution is -2.18. The Morgan fingerprint density at radius 2 is 2.00 bits per heavy atom. The molecule has 5 heteroatoms. The molecule has 1 aromatic heterocycles. The third-order valence-electron chi connectivity index (χ3n) is 2.41. The van der Waals surface area contributed by atoms with Crippen LogP contribution < -0.4 is 10.6 Å². The minimum Gasteiger partial charge on any atom is -0.369 e. The summed E-state index contributed by atoms with van der Waals surface area (Å²) >= 11 is 0. The molecule has 0 spiro atoms. The SMILES string of the molecule is CN(C)c1nc(CC(N)=O)c2ccccc2n1. The molecule has 0 saturated carbocycles. The summed E-state index contributed by atoms with van der Waals surface area (Å²) < 4.78 is 0. The second kappa shape index (κ2) is 4.37. The Balaban J connectivity index is 2.64. The maximum Gasteiger partial charge on any atom is 0.225 e. The summed E-state index contributed by atoms with van der Waals surface area (Å²) in [5.74, 6) is 0.193. The fourth-order valence-corrected chi connectivity index (χ4v) is 1.63. The molecule has 1 amide bonds. The number of hydrogen-bond donors (Lipinski definition) is 1. The topological polar surface area (TPSA) is 72.1 Å². The van der Waals surface area contributed by atoms with Gasteiger partial charge in [0.2, 0.25) is 11.9 Å². The van der Waals surface area contributed by atoms with Gasteiger partial charge in [0.15, 0.2) is 0 Å². The molecule has 0 aliphatic carbocycles. The highest BCUT2D eigenvalue weighted by atomic mass is 16.1. The van der Waals surface area contributed by atoms with Crippen molar-refractivity contribution < 1.29 is 4.79 Å². The third kappa shape index (κ3) is 2.33. The Hall–Kier alpha value is -2.17. The van der Waals surface area contributed by atoms with Crippen LogP contribution in [0.5, 0.6) is 0 Å². The van der Waals surface area contributed by atoms with Crippen molar-refractivity contribution in [2.75, 3.05) is 19.0 Å². The maximum atomic E-state index is 11.0. The number of rotatable bonds is 3. The predicted molar refractivity (Wildman–Crippen MR) is 66.8 cm³/mol. The Kier molecular flexibility index (Phi) is 2.91. The summed E-state index contributed by atoms with van der Waals surface area (Å²) in [6.45, 7) is 0. The summed E-state index contributed by atoms with van der Waals surface area (Å²) in [7, 11) is 3.72. The van der Waals surface area contributed by atoms with Crippen LogP contribution in [0.3, 0.4) is 0 Å². The van der Waals surface area contributed by atoms with Gasteiger partial charge in [-0.3, -0.25) is 4.79 Å².